The number of benzene rings is 1. The molecule has 2 aliphatic rings. The smallest absolute Gasteiger partial charge is 0.258 e. The van der Waals surface area contributed by atoms with E-state index in [0.29, 0.717) is 12.4 Å². The Labute approximate surface area is 171 Å². The molecule has 0 bridgehead atoms. The van der Waals surface area contributed by atoms with Crippen molar-refractivity contribution in [3.8, 4) is 0 Å². The minimum Gasteiger partial charge on any atom is -0.354 e. The number of carbonyl (C=O) groups excluding carboxylic acids is 1. The second-order valence-electron chi connectivity index (χ2n) is 8.14. The molecule has 3 heterocycles. The van der Waals surface area contributed by atoms with Crippen LogP contribution in [0.4, 0.5) is 23.4 Å². The van der Waals surface area contributed by atoms with Crippen molar-refractivity contribution in [1.29, 1.82) is 0 Å². The average molecular weight is 422 g/mol. The first-order valence-corrected chi connectivity index (χ1v) is 9.85. The van der Waals surface area contributed by atoms with Gasteiger partial charge in [0.25, 0.3) is 5.92 Å². The van der Waals surface area contributed by atoms with Crippen molar-refractivity contribution in [2.24, 2.45) is 5.41 Å². The molecule has 30 heavy (non-hydrogen) atoms. The van der Waals surface area contributed by atoms with E-state index in [1.54, 1.807) is 24.0 Å². The number of amides is 1. The standard InChI is InChI=1S/C21H22F4N4O/c1-14-5-6-17(27-26-14)28-9-7-20(12-28)13-29(10-8-21(20,24)25)18(30)11-15-3-2-4-16(22)19(15)23/h2-6H,7-13H2,1H3/t20-/m1/s1. The molecule has 0 aliphatic carbocycles. The van der Waals surface area contributed by atoms with Crippen molar-refractivity contribution in [1.82, 2.24) is 15.1 Å². The molecule has 9 heteroatoms. The summed E-state index contributed by atoms with van der Waals surface area (Å²) in [5, 5.41) is 8.08. The Bertz CT molecular complexity index is 953. The second kappa shape index (κ2) is 7.52. The lowest BCUT2D eigenvalue weighted by molar-refractivity contribution is -0.168. The van der Waals surface area contributed by atoms with Crippen molar-refractivity contribution in [3.05, 3.63) is 53.2 Å². The fourth-order valence-electron chi connectivity index (χ4n) is 4.33. The minimum absolute atomic E-state index is 0.0514. The highest BCUT2D eigenvalue weighted by molar-refractivity contribution is 5.79. The van der Waals surface area contributed by atoms with E-state index >= 15 is 0 Å². The van der Waals surface area contributed by atoms with Crippen molar-refractivity contribution in [2.45, 2.75) is 32.1 Å². The normalized spacial score (nSPS) is 23.2. The van der Waals surface area contributed by atoms with Crippen molar-refractivity contribution in [2.75, 3.05) is 31.1 Å². The van der Waals surface area contributed by atoms with Gasteiger partial charge in [0.1, 0.15) is 0 Å². The van der Waals surface area contributed by atoms with E-state index in [2.05, 4.69) is 10.2 Å². The highest BCUT2D eigenvalue weighted by Crippen LogP contribution is 2.50. The summed E-state index contributed by atoms with van der Waals surface area (Å²) in [5.41, 5.74) is -0.750. The Kier molecular flexibility index (Phi) is 5.15. The van der Waals surface area contributed by atoms with Crippen LogP contribution in [0.25, 0.3) is 0 Å². The SMILES string of the molecule is Cc1ccc(N2CC[C@]3(CN(C(=O)Cc4cccc(F)c4F)CCC3(F)F)C2)nn1. The van der Waals surface area contributed by atoms with E-state index in [-0.39, 0.29) is 38.0 Å². The lowest BCUT2D eigenvalue weighted by atomic mass is 9.75. The third-order valence-electron chi connectivity index (χ3n) is 6.15. The summed E-state index contributed by atoms with van der Waals surface area (Å²) in [6.07, 6.45) is -0.621. The van der Waals surface area contributed by atoms with Crippen molar-refractivity contribution < 1.29 is 22.4 Å². The highest BCUT2D eigenvalue weighted by Gasteiger charge is 2.60. The molecule has 1 aromatic carbocycles. The number of piperidine rings is 1. The topological polar surface area (TPSA) is 49.3 Å². The van der Waals surface area contributed by atoms with E-state index in [0.717, 1.165) is 11.8 Å². The van der Waals surface area contributed by atoms with Gasteiger partial charge in [-0.15, -0.1) is 5.10 Å². The lowest BCUT2D eigenvalue weighted by Gasteiger charge is -2.46. The molecule has 0 saturated carbocycles. The number of hydrogen-bond acceptors (Lipinski definition) is 4. The molecule has 1 spiro atoms. The van der Waals surface area contributed by atoms with E-state index in [9.17, 15) is 22.4 Å². The van der Waals surface area contributed by atoms with Crippen LogP contribution in [0.1, 0.15) is 24.1 Å². The van der Waals surface area contributed by atoms with Crippen molar-refractivity contribution in [3.63, 3.8) is 0 Å². The summed E-state index contributed by atoms with van der Waals surface area (Å²) >= 11 is 0. The number of alkyl halides is 2. The minimum atomic E-state index is -2.94. The van der Waals surface area contributed by atoms with Gasteiger partial charge in [-0.25, -0.2) is 17.6 Å². The average Bonchev–Trinajstić information content (AvgIpc) is 3.14. The predicted molar refractivity (Wildman–Crippen MR) is 102 cm³/mol. The maximum absolute atomic E-state index is 15.0. The monoisotopic (exact) mass is 422 g/mol. The largest absolute Gasteiger partial charge is 0.354 e. The second-order valence-corrected chi connectivity index (χ2v) is 8.14. The van der Waals surface area contributed by atoms with Crippen molar-refractivity contribution >= 4 is 11.7 Å². The molecule has 1 atom stereocenters. The molecule has 2 fully saturated rings. The molecule has 0 radical (unpaired) electrons. The Balaban J connectivity index is 1.51. The zero-order valence-corrected chi connectivity index (χ0v) is 16.5. The van der Waals surface area contributed by atoms with Crippen LogP contribution in [0.3, 0.4) is 0 Å². The molecule has 0 N–H and O–H groups in total. The summed E-state index contributed by atoms with van der Waals surface area (Å²) in [4.78, 5) is 15.8. The summed E-state index contributed by atoms with van der Waals surface area (Å²) in [6, 6.07) is 7.15. The number of rotatable bonds is 3. The van der Waals surface area contributed by atoms with Crippen LogP contribution >= 0.6 is 0 Å². The Morgan fingerprint density at radius 2 is 1.87 bits per heavy atom. The van der Waals surface area contributed by atoms with Gasteiger partial charge in [0, 0.05) is 38.2 Å². The fraction of sp³-hybridized carbons (Fsp3) is 0.476. The first-order chi connectivity index (χ1) is 14.2. The zero-order valence-electron chi connectivity index (χ0n) is 16.5. The fourth-order valence-corrected chi connectivity index (χ4v) is 4.33. The van der Waals surface area contributed by atoms with Gasteiger partial charge in [0.2, 0.25) is 5.91 Å². The third-order valence-corrected chi connectivity index (χ3v) is 6.15. The third kappa shape index (κ3) is 3.61. The Hall–Kier alpha value is -2.71. The predicted octanol–water partition coefficient (Wildman–Crippen LogP) is 3.37. The van der Waals surface area contributed by atoms with E-state index in [4.69, 9.17) is 0 Å². The van der Waals surface area contributed by atoms with Crippen LogP contribution in [-0.2, 0) is 11.2 Å². The maximum Gasteiger partial charge on any atom is 0.258 e. The first kappa shape index (κ1) is 20.6. The number of nitrogens with zero attached hydrogens (tertiary/aromatic N) is 4. The molecule has 5 nitrogen and oxygen atoms in total. The molecule has 1 aromatic heterocycles. The van der Waals surface area contributed by atoms with Gasteiger partial charge >= 0.3 is 0 Å². The zero-order chi connectivity index (χ0) is 21.5. The van der Waals surface area contributed by atoms with Crippen LogP contribution in [0.2, 0.25) is 0 Å². The van der Waals surface area contributed by atoms with Crippen LogP contribution in [-0.4, -0.2) is 53.1 Å². The first-order valence-electron chi connectivity index (χ1n) is 9.85. The molecule has 2 saturated heterocycles. The number of hydrogen-bond donors (Lipinski definition) is 0. The summed E-state index contributed by atoms with van der Waals surface area (Å²) in [7, 11) is 0. The van der Waals surface area contributed by atoms with Crippen LogP contribution < -0.4 is 4.90 Å². The number of likely N-dealkylation sites (tertiary alicyclic amines) is 1. The summed E-state index contributed by atoms with van der Waals surface area (Å²) < 4.78 is 57.3. The molecule has 2 aliphatic heterocycles. The molecule has 0 unspecified atom stereocenters. The van der Waals surface area contributed by atoms with E-state index in [1.807, 2.05) is 0 Å². The van der Waals surface area contributed by atoms with Gasteiger partial charge in [-0.2, -0.15) is 5.10 Å². The van der Waals surface area contributed by atoms with E-state index in [1.165, 1.54) is 17.0 Å². The van der Waals surface area contributed by atoms with Crippen LogP contribution in [0.5, 0.6) is 0 Å². The highest BCUT2D eigenvalue weighted by atomic mass is 19.3. The van der Waals surface area contributed by atoms with Gasteiger partial charge in [-0.05, 0) is 31.5 Å². The number of halogens is 4. The van der Waals surface area contributed by atoms with Gasteiger partial charge in [0.15, 0.2) is 17.5 Å². The number of carbonyl (C=O) groups is 1. The van der Waals surface area contributed by atoms with Gasteiger partial charge in [0.05, 0.1) is 17.5 Å². The van der Waals surface area contributed by atoms with E-state index < -0.39 is 35.3 Å². The molecule has 160 valence electrons. The van der Waals surface area contributed by atoms with Gasteiger partial charge in [-0.3, -0.25) is 4.79 Å². The maximum atomic E-state index is 15.0. The quantitative estimate of drug-likeness (QED) is 0.712. The van der Waals surface area contributed by atoms with Crippen LogP contribution in [0.15, 0.2) is 30.3 Å². The number of aryl methyl sites for hydroxylation is 1. The van der Waals surface area contributed by atoms with Crippen LogP contribution in [0, 0.1) is 24.0 Å². The number of aromatic nitrogens is 2. The molecule has 1 amide bonds. The Morgan fingerprint density at radius 3 is 2.60 bits per heavy atom. The van der Waals surface area contributed by atoms with Gasteiger partial charge < -0.3 is 9.80 Å². The van der Waals surface area contributed by atoms with Gasteiger partial charge in [-0.1, -0.05) is 12.1 Å². The summed E-state index contributed by atoms with van der Waals surface area (Å²) in [6.45, 7) is 1.98. The summed E-state index contributed by atoms with van der Waals surface area (Å²) in [5.74, 6) is -5.01. The molecule has 2 aromatic rings. The lowest BCUT2D eigenvalue weighted by Crippen LogP contribution is -2.58. The number of anilines is 1. The molecule has 4 rings (SSSR count). The molecular formula is C21H22F4N4O. The Morgan fingerprint density at radius 1 is 1.07 bits per heavy atom. The molecular weight excluding hydrogens is 400 g/mol.